The Morgan fingerprint density at radius 1 is 1.22 bits per heavy atom. The first-order valence-corrected chi connectivity index (χ1v) is 14.9. The van der Waals surface area contributed by atoms with Gasteiger partial charge in [0.2, 0.25) is 5.91 Å². The van der Waals surface area contributed by atoms with Crippen molar-refractivity contribution >= 4 is 12.0 Å². The summed E-state index contributed by atoms with van der Waals surface area (Å²) in [6.45, 7) is 10.9. The average Bonchev–Trinajstić information content (AvgIpc) is 3.34. The number of benzene rings is 1. The molecule has 3 aliphatic heterocycles. The number of amides is 2. The Bertz CT molecular complexity index is 1290. The van der Waals surface area contributed by atoms with Gasteiger partial charge in [0.25, 0.3) is 0 Å². The average molecular weight is 562 g/mol. The molecule has 4 unspecified atom stereocenters. The van der Waals surface area contributed by atoms with Crippen molar-refractivity contribution in [3.05, 3.63) is 59.7 Å². The van der Waals surface area contributed by atoms with E-state index >= 15 is 0 Å². The van der Waals surface area contributed by atoms with Gasteiger partial charge in [-0.25, -0.2) is 9.18 Å². The molecule has 4 fully saturated rings. The molecule has 2 amide bonds. The fourth-order valence-corrected chi connectivity index (χ4v) is 7.53. The minimum atomic E-state index is -0.665. The van der Waals surface area contributed by atoms with E-state index in [4.69, 9.17) is 4.74 Å². The second-order valence-electron chi connectivity index (χ2n) is 13.3. The van der Waals surface area contributed by atoms with Gasteiger partial charge in [-0.1, -0.05) is 31.6 Å². The third-order valence-corrected chi connectivity index (χ3v) is 9.37. The Morgan fingerprint density at radius 2 is 1.93 bits per heavy atom. The van der Waals surface area contributed by atoms with E-state index in [9.17, 15) is 19.2 Å². The first kappa shape index (κ1) is 27.8. The highest BCUT2D eigenvalue weighted by Crippen LogP contribution is 2.48. The number of likely N-dealkylation sites (tertiary alicyclic amines) is 2. The maximum absolute atomic E-state index is 14.0. The number of rotatable bonds is 8. The highest BCUT2D eigenvalue weighted by Gasteiger charge is 2.54. The smallest absolute Gasteiger partial charge is 0.408 e. The molecule has 3 heterocycles. The van der Waals surface area contributed by atoms with Crippen molar-refractivity contribution in [3.8, 4) is 6.07 Å². The van der Waals surface area contributed by atoms with Crippen molar-refractivity contribution < 1.29 is 18.7 Å². The van der Waals surface area contributed by atoms with Crippen molar-refractivity contribution in [2.24, 2.45) is 11.8 Å². The Labute approximate surface area is 241 Å². The van der Waals surface area contributed by atoms with Crippen LogP contribution in [0.5, 0.6) is 0 Å². The van der Waals surface area contributed by atoms with Crippen LogP contribution in [0, 0.1) is 29.0 Å². The molecular weight excluding hydrogens is 521 g/mol. The van der Waals surface area contributed by atoms with E-state index in [2.05, 4.69) is 27.8 Å². The van der Waals surface area contributed by atoms with Gasteiger partial charge in [-0.2, -0.15) is 5.26 Å². The normalized spacial score (nSPS) is 28.8. The molecule has 2 saturated carbocycles. The van der Waals surface area contributed by atoms with Crippen LogP contribution in [0.1, 0.15) is 70.9 Å². The summed E-state index contributed by atoms with van der Waals surface area (Å²) in [6.07, 6.45) is 7.59. The SMILES string of the molecule is C=C(C(CN1C[C@@H]2CC1C(=O)N2C(c1ccc(F)cc1)C1CCCC1)NC(=O)OC(C)(C)C)N1C(C#N)=CC2C[C@@H]21. The lowest BCUT2D eigenvalue weighted by Gasteiger charge is -2.42. The van der Waals surface area contributed by atoms with Gasteiger partial charge in [-0.3, -0.25) is 9.69 Å². The third-order valence-electron chi connectivity index (χ3n) is 9.37. The van der Waals surface area contributed by atoms with Gasteiger partial charge in [0, 0.05) is 36.8 Å². The van der Waals surface area contributed by atoms with E-state index in [0.29, 0.717) is 36.3 Å². The van der Waals surface area contributed by atoms with E-state index < -0.39 is 17.7 Å². The van der Waals surface area contributed by atoms with E-state index in [1.807, 2.05) is 43.9 Å². The van der Waals surface area contributed by atoms with Crippen LogP contribution in [0.2, 0.25) is 0 Å². The van der Waals surface area contributed by atoms with Crippen molar-refractivity contribution in [3.63, 3.8) is 0 Å². The number of hydrogen-bond acceptors (Lipinski definition) is 6. The summed E-state index contributed by atoms with van der Waals surface area (Å²) in [4.78, 5) is 33.1. The molecule has 1 N–H and O–H groups in total. The fraction of sp³-hybridized carbons (Fsp3) is 0.594. The van der Waals surface area contributed by atoms with Gasteiger partial charge in [-0.05, 0) is 76.1 Å². The zero-order valence-electron chi connectivity index (χ0n) is 24.2. The first-order valence-electron chi connectivity index (χ1n) is 14.9. The number of nitrogens with zero attached hydrogens (tertiary/aromatic N) is 4. The van der Waals surface area contributed by atoms with Crippen LogP contribution in [-0.4, -0.2) is 69.6 Å². The molecule has 41 heavy (non-hydrogen) atoms. The monoisotopic (exact) mass is 561 g/mol. The number of carbonyl (C=O) groups is 2. The minimum Gasteiger partial charge on any atom is -0.444 e. The van der Waals surface area contributed by atoms with E-state index in [1.165, 1.54) is 12.1 Å². The number of nitrogens with one attached hydrogen (secondary N) is 1. The fourth-order valence-electron chi connectivity index (χ4n) is 7.53. The second-order valence-corrected chi connectivity index (χ2v) is 13.3. The van der Waals surface area contributed by atoms with Crippen molar-refractivity contribution in [2.75, 3.05) is 13.1 Å². The van der Waals surface area contributed by atoms with E-state index in [-0.39, 0.29) is 35.9 Å². The Balaban J connectivity index is 1.21. The van der Waals surface area contributed by atoms with Gasteiger partial charge in [-0.15, -0.1) is 0 Å². The Hall–Kier alpha value is -3.38. The lowest BCUT2D eigenvalue weighted by Crippen LogP contribution is -2.56. The van der Waals surface area contributed by atoms with Gasteiger partial charge in [0.1, 0.15) is 23.2 Å². The summed E-state index contributed by atoms with van der Waals surface area (Å²) in [5.41, 5.74) is 1.56. The zero-order chi connectivity index (χ0) is 29.1. The standard InChI is InChI=1S/C32H40FN5O3/c1-19(37-24(16-34)13-22-14-27(22)37)26(35-31(40)41-32(2,3)4)18-36-17-25-15-28(36)30(39)38(25)29(20-7-5-6-8-20)21-9-11-23(33)12-10-21/h9-13,20,22,25-29H,1,5-8,14-15,17-18H2,2-4H3,(H,35,40)/t22?,25-,26?,27-,28?,29?/m0/s1. The zero-order valence-corrected chi connectivity index (χ0v) is 24.2. The second kappa shape index (κ2) is 10.5. The molecule has 8 nitrogen and oxygen atoms in total. The molecule has 1 aromatic rings. The van der Waals surface area contributed by atoms with Crippen LogP contribution < -0.4 is 5.32 Å². The van der Waals surface area contributed by atoms with Gasteiger partial charge < -0.3 is 19.9 Å². The van der Waals surface area contributed by atoms with Crippen molar-refractivity contribution in [1.29, 1.82) is 5.26 Å². The van der Waals surface area contributed by atoms with E-state index in [1.54, 1.807) is 0 Å². The van der Waals surface area contributed by atoms with Crippen LogP contribution in [0.25, 0.3) is 0 Å². The molecule has 1 aromatic carbocycles. The van der Waals surface area contributed by atoms with Crippen molar-refractivity contribution in [1.82, 2.24) is 20.0 Å². The quantitative estimate of drug-likeness (QED) is 0.488. The van der Waals surface area contributed by atoms with E-state index in [0.717, 1.165) is 44.1 Å². The number of ether oxygens (including phenoxy) is 1. The molecule has 9 heteroatoms. The summed E-state index contributed by atoms with van der Waals surface area (Å²) >= 11 is 0. The van der Waals surface area contributed by atoms with Crippen LogP contribution >= 0.6 is 0 Å². The van der Waals surface area contributed by atoms with Crippen molar-refractivity contribution in [2.45, 2.75) is 95.1 Å². The number of carbonyl (C=O) groups excluding carboxylic acids is 2. The molecular formula is C32H40FN5O3. The van der Waals surface area contributed by atoms with Crippen LogP contribution in [0.15, 0.2) is 48.3 Å². The van der Waals surface area contributed by atoms with Gasteiger partial charge >= 0.3 is 6.09 Å². The number of hydrogen-bond donors (Lipinski definition) is 1. The summed E-state index contributed by atoms with van der Waals surface area (Å²) in [5.74, 6) is 0.551. The maximum atomic E-state index is 14.0. The first-order chi connectivity index (χ1) is 19.5. The predicted molar refractivity (Wildman–Crippen MR) is 151 cm³/mol. The number of allylic oxidation sites excluding steroid dienone is 1. The summed E-state index contributed by atoms with van der Waals surface area (Å²) < 4.78 is 19.4. The summed E-state index contributed by atoms with van der Waals surface area (Å²) in [7, 11) is 0. The molecule has 218 valence electrons. The molecule has 2 saturated heterocycles. The Kier molecular flexibility index (Phi) is 7.09. The summed E-state index contributed by atoms with van der Waals surface area (Å²) in [5, 5.41) is 12.7. The van der Waals surface area contributed by atoms with Gasteiger partial charge in [0.05, 0.1) is 18.1 Å². The highest BCUT2D eigenvalue weighted by atomic mass is 19.1. The minimum absolute atomic E-state index is 0.0480. The molecule has 6 rings (SSSR count). The predicted octanol–water partition coefficient (Wildman–Crippen LogP) is 4.86. The number of nitriles is 1. The molecule has 0 aromatic heterocycles. The highest BCUT2D eigenvalue weighted by molar-refractivity contribution is 5.86. The largest absolute Gasteiger partial charge is 0.444 e. The molecule has 2 aliphatic carbocycles. The van der Waals surface area contributed by atoms with Crippen LogP contribution in [0.4, 0.5) is 9.18 Å². The molecule has 5 aliphatic rings. The number of fused-ring (bicyclic) bond motifs is 3. The van der Waals surface area contributed by atoms with Crippen LogP contribution in [0.3, 0.4) is 0 Å². The topological polar surface area (TPSA) is 88.9 Å². The number of halogens is 1. The molecule has 0 spiro atoms. The maximum Gasteiger partial charge on any atom is 0.408 e. The molecule has 2 bridgehead atoms. The molecule has 0 radical (unpaired) electrons. The number of piperazine rings is 1. The lowest BCUT2D eigenvalue weighted by molar-refractivity contribution is -0.140. The summed E-state index contributed by atoms with van der Waals surface area (Å²) in [6, 6.07) is 8.32. The molecule has 6 atom stereocenters. The van der Waals surface area contributed by atoms with Gasteiger partial charge in [0.15, 0.2) is 0 Å². The third kappa shape index (κ3) is 5.34. The number of alkyl carbamates (subject to hydrolysis) is 1. The van der Waals surface area contributed by atoms with Crippen LogP contribution in [-0.2, 0) is 9.53 Å². The Morgan fingerprint density at radius 3 is 2.56 bits per heavy atom. The lowest BCUT2D eigenvalue weighted by atomic mass is 9.89.